The first-order valence-corrected chi connectivity index (χ1v) is 18.3. The van der Waals surface area contributed by atoms with Crippen LogP contribution >= 0.6 is 0 Å². The van der Waals surface area contributed by atoms with Gasteiger partial charge in [-0.2, -0.15) is 5.10 Å². The van der Waals surface area contributed by atoms with Crippen molar-refractivity contribution in [2.24, 2.45) is 0 Å². The summed E-state index contributed by atoms with van der Waals surface area (Å²) < 4.78 is 4.11. The number of hydrogen-bond donors (Lipinski definition) is 2. The van der Waals surface area contributed by atoms with E-state index in [-0.39, 0.29) is 23.3 Å². The molecule has 0 radical (unpaired) electrons. The van der Waals surface area contributed by atoms with Gasteiger partial charge in [-0.1, -0.05) is 30.7 Å². The van der Waals surface area contributed by atoms with Crippen LogP contribution < -0.4 is 10.6 Å². The molecular weight excluding hydrogens is 642 g/mol. The summed E-state index contributed by atoms with van der Waals surface area (Å²) in [6.45, 7) is 6.61. The van der Waals surface area contributed by atoms with Crippen molar-refractivity contribution < 1.29 is 14.4 Å². The van der Waals surface area contributed by atoms with Crippen LogP contribution in [0.4, 0.5) is 5.69 Å². The highest BCUT2D eigenvalue weighted by molar-refractivity contribution is 6.04. The van der Waals surface area contributed by atoms with E-state index >= 15 is 0 Å². The SMILES string of the molecule is Cc1c(C(=O)Nc2ccc(CNC(=O)c3ncc4n3CCN(Cc3ccc(C(=O)N(C)C)cc3)C43CCC3)cc2)cnn1C1CN(C2CCC2)C1. The first-order valence-electron chi connectivity index (χ1n) is 18.3. The Kier molecular flexibility index (Phi) is 8.75. The van der Waals surface area contributed by atoms with Crippen LogP contribution in [0.5, 0.6) is 0 Å². The second kappa shape index (κ2) is 13.4. The van der Waals surface area contributed by atoms with Crippen molar-refractivity contribution in [1.82, 2.24) is 39.3 Å². The Morgan fingerprint density at radius 1 is 0.882 bits per heavy atom. The van der Waals surface area contributed by atoms with Crippen LogP contribution in [0, 0.1) is 6.92 Å². The topological polar surface area (TPSA) is 121 Å². The van der Waals surface area contributed by atoms with Crippen molar-refractivity contribution >= 4 is 23.4 Å². The lowest BCUT2D eigenvalue weighted by Gasteiger charge is -2.53. The van der Waals surface area contributed by atoms with Gasteiger partial charge in [0.25, 0.3) is 17.7 Å². The number of imidazole rings is 1. The Hall–Kier alpha value is -4.81. The number of fused-ring (bicyclic) bond motifs is 2. The highest BCUT2D eigenvalue weighted by atomic mass is 16.2. The van der Waals surface area contributed by atoms with Crippen molar-refractivity contribution in [2.45, 2.75) is 82.7 Å². The first-order chi connectivity index (χ1) is 24.7. The molecule has 0 unspecified atom stereocenters. The molecule has 4 aliphatic rings. The van der Waals surface area contributed by atoms with E-state index in [1.54, 1.807) is 25.2 Å². The second-order valence-electron chi connectivity index (χ2n) is 14.9. The van der Waals surface area contributed by atoms with Crippen LogP contribution in [0.15, 0.2) is 60.9 Å². The quantitative estimate of drug-likeness (QED) is 0.250. The number of nitrogens with zero attached hydrogens (tertiary/aromatic N) is 7. The van der Waals surface area contributed by atoms with E-state index < -0.39 is 0 Å². The summed E-state index contributed by atoms with van der Waals surface area (Å²) in [6, 6.07) is 16.5. The molecule has 1 spiro atoms. The minimum absolute atomic E-state index is 0.000442. The fraction of sp³-hybridized carbons (Fsp3) is 0.462. The molecule has 2 aromatic heterocycles. The molecular formula is C39H47N9O3. The van der Waals surface area contributed by atoms with E-state index in [0.29, 0.717) is 41.8 Å². The minimum atomic E-state index is -0.197. The highest BCUT2D eigenvalue weighted by Crippen LogP contribution is 2.49. The molecule has 12 nitrogen and oxygen atoms in total. The number of aromatic nitrogens is 4. The Balaban J connectivity index is 0.857. The van der Waals surface area contributed by atoms with E-state index in [4.69, 9.17) is 0 Å². The van der Waals surface area contributed by atoms with Gasteiger partial charge >= 0.3 is 0 Å². The normalized spacial score (nSPS) is 18.7. The molecule has 3 fully saturated rings. The van der Waals surface area contributed by atoms with Crippen molar-refractivity contribution in [3.8, 4) is 0 Å². The molecule has 2 aliphatic heterocycles. The number of likely N-dealkylation sites (tertiary alicyclic amines) is 1. The van der Waals surface area contributed by atoms with Gasteiger partial charge in [-0.3, -0.25) is 28.9 Å². The van der Waals surface area contributed by atoms with Gasteiger partial charge in [0, 0.05) is 76.4 Å². The van der Waals surface area contributed by atoms with Crippen molar-refractivity contribution in [2.75, 3.05) is 39.0 Å². The largest absolute Gasteiger partial charge is 0.345 e. The lowest BCUT2D eigenvalue weighted by atomic mass is 9.72. The van der Waals surface area contributed by atoms with Gasteiger partial charge < -0.3 is 20.1 Å². The maximum absolute atomic E-state index is 13.4. The Morgan fingerprint density at radius 2 is 1.61 bits per heavy atom. The van der Waals surface area contributed by atoms with Gasteiger partial charge in [0.15, 0.2) is 5.82 Å². The third-order valence-corrected chi connectivity index (χ3v) is 11.7. The number of amides is 3. The molecule has 0 atom stereocenters. The van der Waals surface area contributed by atoms with E-state index in [1.807, 2.05) is 66.3 Å². The summed E-state index contributed by atoms with van der Waals surface area (Å²) in [7, 11) is 3.53. The molecule has 2 aliphatic carbocycles. The van der Waals surface area contributed by atoms with Gasteiger partial charge in [0.1, 0.15) is 0 Å². The zero-order valence-corrected chi connectivity index (χ0v) is 29.8. The van der Waals surface area contributed by atoms with Crippen molar-refractivity contribution in [1.29, 1.82) is 0 Å². The van der Waals surface area contributed by atoms with Crippen molar-refractivity contribution in [3.05, 3.63) is 100 Å². The van der Waals surface area contributed by atoms with Crippen LogP contribution in [-0.2, 0) is 25.2 Å². The predicted octanol–water partition coefficient (Wildman–Crippen LogP) is 4.58. The van der Waals surface area contributed by atoms with Crippen LogP contribution in [0.3, 0.4) is 0 Å². The van der Waals surface area contributed by atoms with Gasteiger partial charge in [-0.15, -0.1) is 0 Å². The highest BCUT2D eigenvalue weighted by Gasteiger charge is 2.49. The average molecular weight is 690 g/mol. The summed E-state index contributed by atoms with van der Waals surface area (Å²) in [6.07, 6.45) is 10.7. The standard InChI is InChI=1S/C39H47N9O3/c1-26-33(21-42-48(26)32-24-45(25-32)31-6-4-7-31)36(49)43-30-14-10-27(11-15-30)20-41-37(50)35-40-22-34-39(16-5-17-39)46(18-19-47(34)35)23-28-8-12-29(13-9-28)38(51)44(2)3/h8-15,21-22,31-32H,4-7,16-20,23-25H2,1-3H3,(H,41,50)(H,43,49). The molecule has 1 saturated heterocycles. The number of nitrogens with one attached hydrogen (secondary N) is 2. The molecule has 3 amide bonds. The number of benzene rings is 2. The fourth-order valence-corrected chi connectivity index (χ4v) is 8.17. The van der Waals surface area contributed by atoms with E-state index in [9.17, 15) is 14.4 Å². The van der Waals surface area contributed by atoms with Gasteiger partial charge in [-0.25, -0.2) is 4.98 Å². The first kappa shape index (κ1) is 33.3. The van der Waals surface area contributed by atoms with Crippen molar-refractivity contribution in [3.63, 3.8) is 0 Å². The second-order valence-corrected chi connectivity index (χ2v) is 14.9. The summed E-state index contributed by atoms with van der Waals surface area (Å²) in [5.74, 6) is 0.0770. The molecule has 4 heterocycles. The Labute approximate surface area is 298 Å². The molecule has 12 heteroatoms. The monoisotopic (exact) mass is 689 g/mol. The molecule has 266 valence electrons. The molecule has 2 aromatic carbocycles. The molecule has 2 N–H and O–H groups in total. The zero-order valence-electron chi connectivity index (χ0n) is 29.8. The molecule has 2 saturated carbocycles. The zero-order chi connectivity index (χ0) is 35.3. The average Bonchev–Trinajstić information content (AvgIpc) is 3.67. The van der Waals surface area contributed by atoms with Crippen LogP contribution in [0.1, 0.15) is 98.4 Å². The summed E-state index contributed by atoms with van der Waals surface area (Å²) in [5, 5.41) is 10.6. The molecule has 4 aromatic rings. The van der Waals surface area contributed by atoms with Gasteiger partial charge in [0.05, 0.1) is 35.2 Å². The Bertz CT molecular complexity index is 1930. The van der Waals surface area contributed by atoms with E-state index in [2.05, 4.69) is 35.1 Å². The summed E-state index contributed by atoms with van der Waals surface area (Å²) in [5.41, 5.74) is 5.93. The minimum Gasteiger partial charge on any atom is -0.345 e. The summed E-state index contributed by atoms with van der Waals surface area (Å²) in [4.78, 5) is 50.1. The fourth-order valence-electron chi connectivity index (χ4n) is 8.17. The maximum atomic E-state index is 13.4. The predicted molar refractivity (Wildman–Crippen MR) is 193 cm³/mol. The van der Waals surface area contributed by atoms with Gasteiger partial charge in [-0.05, 0) is 74.4 Å². The Morgan fingerprint density at radius 3 is 2.25 bits per heavy atom. The van der Waals surface area contributed by atoms with E-state index in [0.717, 1.165) is 68.4 Å². The number of carbonyl (C=O) groups is 3. The number of hydrogen-bond acceptors (Lipinski definition) is 7. The smallest absolute Gasteiger partial charge is 0.287 e. The third-order valence-electron chi connectivity index (χ3n) is 11.7. The van der Waals surface area contributed by atoms with Gasteiger partial charge in [0.2, 0.25) is 0 Å². The summed E-state index contributed by atoms with van der Waals surface area (Å²) >= 11 is 0. The number of rotatable bonds is 10. The number of carbonyl (C=O) groups excluding carboxylic acids is 3. The molecule has 0 bridgehead atoms. The van der Waals surface area contributed by atoms with Crippen LogP contribution in [0.2, 0.25) is 0 Å². The molecule has 8 rings (SSSR count). The van der Waals surface area contributed by atoms with Crippen LogP contribution in [-0.4, -0.2) is 91.5 Å². The maximum Gasteiger partial charge on any atom is 0.287 e. The lowest BCUT2D eigenvalue weighted by molar-refractivity contribution is -0.0217. The third kappa shape index (κ3) is 6.14. The molecule has 51 heavy (non-hydrogen) atoms. The lowest BCUT2D eigenvalue weighted by Crippen LogP contribution is -2.56. The van der Waals surface area contributed by atoms with Crippen LogP contribution in [0.25, 0.3) is 0 Å². The van der Waals surface area contributed by atoms with E-state index in [1.165, 1.54) is 24.8 Å². The number of anilines is 1.